The monoisotopic (exact) mass is 232 g/mol. The van der Waals surface area contributed by atoms with Crippen LogP contribution in [-0.4, -0.2) is 18.5 Å². The van der Waals surface area contributed by atoms with E-state index in [0.717, 1.165) is 5.69 Å². The van der Waals surface area contributed by atoms with Gasteiger partial charge in [-0.3, -0.25) is 0 Å². The Kier molecular flexibility index (Phi) is 3.41. The molecule has 0 bridgehead atoms. The second-order valence-electron chi connectivity index (χ2n) is 2.80. The highest BCUT2D eigenvalue weighted by molar-refractivity contribution is 7.68. The molecule has 0 N–H and O–H groups in total. The summed E-state index contributed by atoms with van der Waals surface area (Å²) in [7, 11) is 7.36. The van der Waals surface area contributed by atoms with Gasteiger partial charge in [0.05, 0.1) is 10.6 Å². The van der Waals surface area contributed by atoms with Gasteiger partial charge in [0.2, 0.25) is 5.36 Å². The Morgan fingerprint density at radius 3 is 2.77 bits per heavy atom. The van der Waals surface area contributed by atoms with Gasteiger partial charge in [-0.25, -0.2) is 4.58 Å². The zero-order valence-corrected chi connectivity index (χ0v) is 9.71. The normalized spacial score (nSPS) is 9.69. The number of nitrogens with zero attached hydrogens (tertiary/aromatic N) is 2. The molecule has 0 saturated carbocycles. The van der Waals surface area contributed by atoms with E-state index in [9.17, 15) is 0 Å². The van der Waals surface area contributed by atoms with E-state index in [2.05, 4.69) is 27.1 Å². The first-order valence-corrected chi connectivity index (χ1v) is 5.74. The molecule has 0 spiro atoms. The number of aromatic nitrogens is 1. The van der Waals surface area contributed by atoms with Crippen LogP contribution in [0.5, 0.6) is 0 Å². The summed E-state index contributed by atoms with van der Waals surface area (Å²) in [6.07, 6.45) is 0. The Morgan fingerprint density at radius 2 is 2.08 bits per heavy atom. The van der Waals surface area contributed by atoms with Gasteiger partial charge in [0, 0.05) is 22.7 Å². The van der Waals surface area contributed by atoms with Crippen LogP contribution in [0.25, 0.3) is 10.6 Å². The van der Waals surface area contributed by atoms with Crippen molar-refractivity contribution in [2.45, 2.75) is 0 Å². The Bertz CT molecular complexity index is 428. The van der Waals surface area contributed by atoms with Gasteiger partial charge < -0.3 is 12.4 Å². The van der Waals surface area contributed by atoms with Gasteiger partial charge in [-0.05, 0) is 6.07 Å². The lowest BCUT2D eigenvalue weighted by molar-refractivity contribution is -0.00000242. The fourth-order valence-electron chi connectivity index (χ4n) is 1.02. The zero-order chi connectivity index (χ0) is 8.55. The van der Waals surface area contributed by atoms with E-state index in [1.165, 1.54) is 10.2 Å². The van der Waals surface area contributed by atoms with E-state index in [-0.39, 0.29) is 12.4 Å². The van der Waals surface area contributed by atoms with Crippen molar-refractivity contribution >= 4 is 20.9 Å². The van der Waals surface area contributed by atoms with Crippen LogP contribution in [0.3, 0.4) is 0 Å². The molecule has 0 atom stereocenters. The third-order valence-electron chi connectivity index (χ3n) is 1.72. The van der Waals surface area contributed by atoms with Crippen LogP contribution in [0.2, 0.25) is 0 Å². The van der Waals surface area contributed by atoms with Crippen molar-refractivity contribution in [1.82, 2.24) is 8.95 Å². The Balaban J connectivity index is 0.000000845. The molecule has 1 aliphatic carbocycles. The maximum absolute atomic E-state index is 4.26. The van der Waals surface area contributed by atoms with Gasteiger partial charge in [0.25, 0.3) is 0 Å². The zero-order valence-electron chi connectivity index (χ0n) is 7.32. The average Bonchev–Trinajstić information content (AvgIpc) is 2.49. The summed E-state index contributed by atoms with van der Waals surface area (Å²) >= 11 is 0. The molecule has 2 rings (SSSR count). The molecule has 13 heavy (non-hydrogen) atoms. The SMILES string of the molecule is C[N+](C)=c1ccc2nssc-2c1.[Cl-]. The third-order valence-corrected chi connectivity index (χ3v) is 3.56. The molecular weight excluding hydrogens is 224 g/mol. The summed E-state index contributed by atoms with van der Waals surface area (Å²) in [5, 5.41) is 1.24. The molecule has 0 saturated heterocycles. The van der Waals surface area contributed by atoms with Gasteiger partial charge in [0.1, 0.15) is 14.1 Å². The highest BCUT2D eigenvalue weighted by Crippen LogP contribution is 2.25. The molecule has 70 valence electrons. The molecule has 0 aromatic rings. The summed E-state index contributed by atoms with van der Waals surface area (Å²) in [5.74, 6) is 0. The molecule has 2 nitrogen and oxygen atoms in total. The first-order valence-electron chi connectivity index (χ1n) is 3.63. The minimum absolute atomic E-state index is 0. The third kappa shape index (κ3) is 2.07. The van der Waals surface area contributed by atoms with Crippen LogP contribution < -0.4 is 22.3 Å². The molecule has 0 amide bonds. The molecule has 0 aromatic carbocycles. The number of hydrogen-bond acceptors (Lipinski definition) is 3. The smallest absolute Gasteiger partial charge is 0.201 e. The summed E-state index contributed by atoms with van der Waals surface area (Å²) in [5.41, 5.74) is 1.11. The summed E-state index contributed by atoms with van der Waals surface area (Å²) in [6, 6.07) is 6.33. The number of hydrogen-bond donors (Lipinski definition) is 0. The van der Waals surface area contributed by atoms with Crippen molar-refractivity contribution < 1.29 is 12.4 Å². The lowest BCUT2D eigenvalue weighted by Crippen LogP contribution is -3.00. The summed E-state index contributed by atoms with van der Waals surface area (Å²) in [4.78, 5) is 1.27. The van der Waals surface area contributed by atoms with E-state index >= 15 is 0 Å². The van der Waals surface area contributed by atoms with Gasteiger partial charge in [0.15, 0.2) is 0 Å². The van der Waals surface area contributed by atoms with Crippen molar-refractivity contribution in [1.29, 1.82) is 0 Å². The summed E-state index contributed by atoms with van der Waals surface area (Å²) in [6.45, 7) is 0. The molecule has 0 radical (unpaired) electrons. The molecule has 1 aliphatic heterocycles. The molecule has 0 unspecified atom stereocenters. The van der Waals surface area contributed by atoms with Gasteiger partial charge in [-0.2, -0.15) is 4.37 Å². The molecule has 5 heteroatoms. The van der Waals surface area contributed by atoms with Crippen molar-refractivity contribution in [2.75, 3.05) is 14.1 Å². The highest BCUT2D eigenvalue weighted by Gasteiger charge is 2.05. The molecule has 1 heterocycles. The predicted octanol–water partition coefficient (Wildman–Crippen LogP) is -1.65. The second kappa shape index (κ2) is 4.17. The number of rotatable bonds is 0. The topological polar surface area (TPSA) is 15.9 Å². The van der Waals surface area contributed by atoms with Crippen LogP contribution in [0.15, 0.2) is 18.2 Å². The predicted molar refractivity (Wildman–Crippen MR) is 53.7 cm³/mol. The Labute approximate surface area is 90.5 Å². The quantitative estimate of drug-likeness (QED) is 0.393. The van der Waals surface area contributed by atoms with E-state index in [0.29, 0.717) is 0 Å². The number of benzene rings is 1. The average molecular weight is 233 g/mol. The standard InChI is InChI=1S/C8H9N2S2.ClH/c1-10(2)6-3-4-7-8(5-6)11-12-9-7;/h3-5H,1-2H3;1H/q+1;/p-1. The van der Waals surface area contributed by atoms with Crippen LogP contribution >= 0.6 is 20.9 Å². The second-order valence-corrected chi connectivity index (χ2v) is 4.68. The van der Waals surface area contributed by atoms with Crippen molar-refractivity contribution in [2.24, 2.45) is 0 Å². The summed E-state index contributed by atoms with van der Waals surface area (Å²) < 4.78 is 6.36. The highest BCUT2D eigenvalue weighted by atomic mass is 35.5. The Morgan fingerprint density at radius 1 is 1.31 bits per heavy atom. The van der Waals surface area contributed by atoms with Crippen LogP contribution in [0.1, 0.15) is 0 Å². The minimum atomic E-state index is 0. The van der Waals surface area contributed by atoms with Gasteiger partial charge in [-0.15, -0.1) is 0 Å². The van der Waals surface area contributed by atoms with Crippen molar-refractivity contribution in [3.63, 3.8) is 0 Å². The van der Waals surface area contributed by atoms with Gasteiger partial charge >= 0.3 is 0 Å². The van der Waals surface area contributed by atoms with Crippen LogP contribution in [0, 0.1) is 0 Å². The van der Waals surface area contributed by atoms with Crippen molar-refractivity contribution in [3.8, 4) is 10.6 Å². The van der Waals surface area contributed by atoms with Crippen molar-refractivity contribution in [3.05, 3.63) is 23.6 Å². The minimum Gasteiger partial charge on any atom is -1.00 e. The van der Waals surface area contributed by atoms with E-state index in [1.54, 1.807) is 20.9 Å². The number of halogens is 1. The lowest BCUT2D eigenvalue weighted by atomic mass is 10.2. The fraction of sp³-hybridized carbons (Fsp3) is 0.250. The van der Waals surface area contributed by atoms with E-state index < -0.39 is 0 Å². The maximum Gasteiger partial charge on any atom is 0.201 e. The lowest BCUT2D eigenvalue weighted by Gasteiger charge is -1.91. The molecule has 0 aromatic heterocycles. The Hall–Kier alpha value is -0.450. The maximum atomic E-state index is 4.26. The molecule has 2 aliphatic rings. The fourth-order valence-corrected chi connectivity index (χ4v) is 2.80. The van der Waals surface area contributed by atoms with E-state index in [1.807, 2.05) is 14.1 Å². The van der Waals surface area contributed by atoms with Crippen LogP contribution in [0.4, 0.5) is 0 Å². The number of fused-ring (bicyclic) bond motifs is 1. The molecule has 0 fully saturated rings. The van der Waals surface area contributed by atoms with E-state index in [4.69, 9.17) is 0 Å². The van der Waals surface area contributed by atoms with Crippen LogP contribution in [-0.2, 0) is 0 Å². The molecular formula is C8H9ClN2S2. The first kappa shape index (κ1) is 10.6. The largest absolute Gasteiger partial charge is 1.00 e. The first-order chi connectivity index (χ1) is 5.77. The van der Waals surface area contributed by atoms with Gasteiger partial charge in [-0.1, -0.05) is 10.3 Å².